The molecule has 1 aliphatic rings. The van der Waals surface area contributed by atoms with E-state index in [1.165, 1.54) is 0 Å². The summed E-state index contributed by atoms with van der Waals surface area (Å²) in [7, 11) is -12.0. The van der Waals surface area contributed by atoms with Crippen LogP contribution in [-0.4, -0.2) is 65.0 Å². The van der Waals surface area contributed by atoms with Gasteiger partial charge in [-0.05, 0) is 42.3 Å². The molecule has 1 fully saturated rings. The van der Waals surface area contributed by atoms with Crippen molar-refractivity contribution in [3.05, 3.63) is 0 Å². The quantitative estimate of drug-likeness (QED) is 0.476. The fourth-order valence-corrected chi connectivity index (χ4v) is 30.1. The third kappa shape index (κ3) is 7.73. The lowest BCUT2D eigenvalue weighted by molar-refractivity contribution is 0.257. The third-order valence-corrected chi connectivity index (χ3v) is 28.7. The molecule has 1 rings (SSSR count). The summed E-state index contributed by atoms with van der Waals surface area (Å²) in [5.74, 6) is 0. The van der Waals surface area contributed by atoms with E-state index >= 15 is 0 Å². The predicted molar refractivity (Wildman–Crippen MR) is 131 cm³/mol. The summed E-state index contributed by atoms with van der Waals surface area (Å²) in [6, 6.07) is 6.50. The van der Waals surface area contributed by atoms with Crippen LogP contribution in [0.5, 0.6) is 0 Å². The molecule has 0 amide bonds. The summed E-state index contributed by atoms with van der Waals surface area (Å²) in [6.45, 7) is 15.3. The molecule has 28 heavy (non-hydrogen) atoms. The van der Waals surface area contributed by atoms with Crippen LogP contribution < -0.4 is 0 Å². The van der Waals surface area contributed by atoms with Gasteiger partial charge < -0.3 is 28.8 Å². The van der Waals surface area contributed by atoms with Gasteiger partial charge in [0.1, 0.15) is 0 Å². The number of rotatable bonds is 7. The molecule has 0 spiro atoms. The second kappa shape index (κ2) is 13.6. The van der Waals surface area contributed by atoms with Crippen molar-refractivity contribution in [2.75, 3.05) is 0 Å². The van der Waals surface area contributed by atoms with Crippen LogP contribution in [0.2, 0.25) is 42.3 Å². The lowest BCUT2D eigenvalue weighted by Crippen LogP contribution is -2.61. The zero-order chi connectivity index (χ0) is 21.1. The fraction of sp³-hybridized carbons (Fsp3) is 1.00. The van der Waals surface area contributed by atoms with Gasteiger partial charge in [-0.2, -0.15) is 0 Å². The second-order valence-electron chi connectivity index (χ2n) is 7.09. The lowest BCUT2D eigenvalue weighted by atomic mass is 10.9. The first-order chi connectivity index (χ1) is 13.4. The summed E-state index contributed by atoms with van der Waals surface area (Å²) in [5.41, 5.74) is 0. The molecule has 0 aromatic heterocycles. The lowest BCUT2D eigenvalue weighted by Gasteiger charge is -2.45. The van der Waals surface area contributed by atoms with Crippen molar-refractivity contribution >= 4 is 65.0 Å². The van der Waals surface area contributed by atoms with Gasteiger partial charge in [-0.15, -0.1) is 0 Å². The van der Waals surface area contributed by atoms with Gasteiger partial charge in [0.05, 0.1) is 0 Å². The Hall–Kier alpha value is 1.24. The maximum absolute atomic E-state index is 7.06. The van der Waals surface area contributed by atoms with Crippen molar-refractivity contribution in [1.29, 1.82) is 0 Å². The fourth-order valence-electron chi connectivity index (χ4n) is 3.33. The highest BCUT2D eigenvalue weighted by Crippen LogP contribution is 2.34. The Morgan fingerprint density at radius 2 is 1.11 bits per heavy atom. The topological polar surface area (TPSA) is 64.6 Å². The summed E-state index contributed by atoms with van der Waals surface area (Å²) < 4.78 is 44.9. The molecule has 0 N–H and O–H groups in total. The van der Waals surface area contributed by atoms with Gasteiger partial charge in [-0.1, -0.05) is 48.5 Å². The highest BCUT2D eigenvalue weighted by molar-refractivity contribution is 6.89. The average Bonchev–Trinajstić information content (AvgIpc) is 2.75. The number of hydrogen-bond donors (Lipinski definition) is 0. The molecule has 0 aromatic rings. The van der Waals surface area contributed by atoms with Crippen LogP contribution in [0.25, 0.3) is 0 Å². The molecular weight excluding hydrogens is 477 g/mol. The summed E-state index contributed by atoms with van der Waals surface area (Å²) in [4.78, 5) is 0. The highest BCUT2D eigenvalue weighted by Gasteiger charge is 2.51. The molecular formula is C14H42O7Si7. The van der Waals surface area contributed by atoms with Crippen LogP contribution in [0.3, 0.4) is 0 Å². The molecule has 1 aliphatic heterocycles. The van der Waals surface area contributed by atoms with E-state index in [1.54, 1.807) is 0 Å². The first-order valence-electron chi connectivity index (χ1n) is 10.9. The molecule has 168 valence electrons. The summed E-state index contributed by atoms with van der Waals surface area (Å²) in [6.07, 6.45) is 0. The van der Waals surface area contributed by atoms with Crippen LogP contribution in [0.15, 0.2) is 0 Å². The second-order valence-corrected chi connectivity index (χ2v) is 27.5. The smallest absolute Gasteiger partial charge is 0.320 e. The van der Waals surface area contributed by atoms with E-state index in [0.29, 0.717) is 0 Å². The zero-order valence-corrected chi connectivity index (χ0v) is 27.4. The SMILES string of the molecule is CC[SiH]1O[SiH2]O[SiH2]O[SiH2]O[Si](CC)(CC)O[Si](CC)(CC)O[Si](CC)(CC)O1. The molecule has 14 heteroatoms. The van der Waals surface area contributed by atoms with Crippen molar-refractivity contribution in [3.63, 3.8) is 0 Å². The van der Waals surface area contributed by atoms with Gasteiger partial charge >= 0.3 is 35.0 Å². The zero-order valence-electron chi connectivity index (χ0n) is 19.0. The first-order valence-corrected chi connectivity index (χ1v) is 22.8. The van der Waals surface area contributed by atoms with Gasteiger partial charge in [0.25, 0.3) is 30.0 Å². The largest absolute Gasteiger partial charge is 0.425 e. The molecule has 0 saturated carbocycles. The van der Waals surface area contributed by atoms with E-state index in [9.17, 15) is 0 Å². The highest BCUT2D eigenvalue weighted by atomic mass is 28.5. The van der Waals surface area contributed by atoms with Crippen LogP contribution in [0, 0.1) is 0 Å². The molecule has 7 nitrogen and oxygen atoms in total. The van der Waals surface area contributed by atoms with E-state index < -0.39 is 65.0 Å². The Balaban J connectivity index is 3.26. The van der Waals surface area contributed by atoms with E-state index in [2.05, 4.69) is 48.5 Å². The van der Waals surface area contributed by atoms with Gasteiger partial charge in [-0.3, -0.25) is 0 Å². The molecule has 1 heterocycles. The summed E-state index contributed by atoms with van der Waals surface area (Å²) in [5, 5.41) is 0. The number of hydrogen-bond acceptors (Lipinski definition) is 7. The van der Waals surface area contributed by atoms with Gasteiger partial charge in [0.15, 0.2) is 0 Å². The minimum absolute atomic E-state index is 0.925. The van der Waals surface area contributed by atoms with Crippen molar-refractivity contribution in [2.45, 2.75) is 90.8 Å². The Morgan fingerprint density at radius 1 is 0.607 bits per heavy atom. The van der Waals surface area contributed by atoms with E-state index in [-0.39, 0.29) is 0 Å². The van der Waals surface area contributed by atoms with Crippen molar-refractivity contribution in [3.8, 4) is 0 Å². The molecule has 1 saturated heterocycles. The maximum Gasteiger partial charge on any atom is 0.320 e. The van der Waals surface area contributed by atoms with E-state index in [1.807, 2.05) is 0 Å². The molecule has 0 aliphatic carbocycles. The minimum atomic E-state index is -2.43. The monoisotopic (exact) mass is 518 g/mol. The molecule has 1 unspecified atom stereocenters. The van der Waals surface area contributed by atoms with Crippen molar-refractivity contribution in [1.82, 2.24) is 0 Å². The maximum atomic E-state index is 7.06. The molecule has 0 bridgehead atoms. The van der Waals surface area contributed by atoms with E-state index in [4.69, 9.17) is 28.8 Å². The van der Waals surface area contributed by atoms with E-state index in [0.717, 1.165) is 42.3 Å². The van der Waals surface area contributed by atoms with Gasteiger partial charge in [-0.25, -0.2) is 0 Å². The Kier molecular flexibility index (Phi) is 13.3. The standard InChI is InChI=1S/C14H42O7Si7/c1-8-25-17-23-15-22-16-24-18-26(9-2,10-3)20-28(13-6,14-7)21-27(11-4,12-5)19-25/h25H,8-14,22-24H2,1-7H3. The molecule has 1 atom stereocenters. The van der Waals surface area contributed by atoms with Crippen LogP contribution >= 0.6 is 0 Å². The van der Waals surface area contributed by atoms with Gasteiger partial charge in [0.2, 0.25) is 0 Å². The molecule has 0 aromatic carbocycles. The normalized spacial score (nSPS) is 29.0. The van der Waals surface area contributed by atoms with Crippen LogP contribution in [0.1, 0.15) is 48.5 Å². The molecule has 0 radical (unpaired) electrons. The Bertz CT molecular complexity index is 423. The van der Waals surface area contributed by atoms with Crippen molar-refractivity contribution in [2.24, 2.45) is 0 Å². The average molecular weight is 519 g/mol. The Labute approximate surface area is 184 Å². The Morgan fingerprint density at radius 3 is 1.61 bits per heavy atom. The van der Waals surface area contributed by atoms with Crippen LogP contribution in [0.4, 0.5) is 0 Å². The third-order valence-electron chi connectivity index (χ3n) is 5.56. The van der Waals surface area contributed by atoms with Crippen molar-refractivity contribution < 1.29 is 28.8 Å². The van der Waals surface area contributed by atoms with Gasteiger partial charge in [0, 0.05) is 0 Å². The summed E-state index contributed by atoms with van der Waals surface area (Å²) >= 11 is 0. The van der Waals surface area contributed by atoms with Crippen LogP contribution in [-0.2, 0) is 28.8 Å². The minimum Gasteiger partial charge on any atom is -0.425 e. The first kappa shape index (κ1) is 27.3. The predicted octanol–water partition coefficient (Wildman–Crippen LogP) is 1.80.